The number of carbonyl (C=O) groups is 1. The summed E-state index contributed by atoms with van der Waals surface area (Å²) in [6.45, 7) is 4.21. The molecule has 0 aromatic heterocycles. The van der Waals surface area contributed by atoms with Crippen LogP contribution in [0.2, 0.25) is 0 Å². The molecule has 0 saturated carbocycles. The second kappa shape index (κ2) is 10.3. The highest BCUT2D eigenvalue weighted by atomic mass is 16.5. The van der Waals surface area contributed by atoms with Crippen LogP contribution in [-0.4, -0.2) is 50.1 Å². The number of aliphatic imine (C=N–C) groups is 1. The quantitative estimate of drug-likeness (QED) is 0.602. The van der Waals surface area contributed by atoms with Gasteiger partial charge in [0.2, 0.25) is 11.9 Å². The van der Waals surface area contributed by atoms with E-state index in [1.165, 1.54) is 37.9 Å². The summed E-state index contributed by atoms with van der Waals surface area (Å²) in [4.78, 5) is 20.0. The van der Waals surface area contributed by atoms with Gasteiger partial charge in [0.25, 0.3) is 0 Å². The topological polar surface area (TPSA) is 78.0 Å². The number of anilines is 2. The smallest absolute Gasteiger partial charge is 0.228 e. The lowest BCUT2D eigenvalue weighted by atomic mass is 9.99. The lowest BCUT2D eigenvalue weighted by molar-refractivity contribution is -0.115. The van der Waals surface area contributed by atoms with Crippen molar-refractivity contribution in [2.75, 3.05) is 43.9 Å². The zero-order chi connectivity index (χ0) is 23.3. The molecule has 5 rings (SSSR count). The van der Waals surface area contributed by atoms with E-state index in [0.29, 0.717) is 18.9 Å². The van der Waals surface area contributed by atoms with E-state index in [0.717, 1.165) is 53.3 Å². The van der Waals surface area contributed by atoms with Gasteiger partial charge >= 0.3 is 0 Å². The maximum atomic E-state index is 12.5. The monoisotopic (exact) mass is 459 g/mol. The third-order valence-corrected chi connectivity index (χ3v) is 6.76. The fourth-order valence-corrected chi connectivity index (χ4v) is 4.91. The zero-order valence-electron chi connectivity index (χ0n) is 19.8. The van der Waals surface area contributed by atoms with Crippen molar-refractivity contribution < 1.29 is 9.53 Å². The number of hydrogen-bond acceptors (Lipinski definition) is 6. The van der Waals surface area contributed by atoms with Crippen LogP contribution in [0, 0.1) is 0 Å². The van der Waals surface area contributed by atoms with E-state index in [9.17, 15) is 4.79 Å². The first-order chi connectivity index (χ1) is 16.7. The van der Waals surface area contributed by atoms with E-state index in [2.05, 4.69) is 33.0 Å². The Bertz CT molecular complexity index is 1100. The van der Waals surface area contributed by atoms with Crippen molar-refractivity contribution in [3.63, 3.8) is 0 Å². The number of benzene rings is 2. The maximum Gasteiger partial charge on any atom is 0.228 e. The first-order valence-electron chi connectivity index (χ1n) is 12.3. The third kappa shape index (κ3) is 5.25. The minimum absolute atomic E-state index is 0.00709. The van der Waals surface area contributed by atoms with Crippen molar-refractivity contribution in [3.05, 3.63) is 59.2 Å². The minimum Gasteiger partial charge on any atom is -0.497 e. The Kier molecular flexibility index (Phi) is 6.81. The summed E-state index contributed by atoms with van der Waals surface area (Å²) in [6.07, 6.45) is 6.55. The van der Waals surface area contributed by atoms with Gasteiger partial charge in [-0.05, 0) is 92.9 Å². The molecule has 0 unspecified atom stereocenters. The highest BCUT2D eigenvalue weighted by molar-refractivity contribution is 6.04. The molecule has 0 bridgehead atoms. The van der Waals surface area contributed by atoms with Gasteiger partial charge in [-0.15, -0.1) is 0 Å². The molecular formula is C27H33N5O2. The van der Waals surface area contributed by atoms with Gasteiger partial charge in [0.15, 0.2) is 0 Å². The number of nitrogens with zero attached hydrogens (tertiary/aromatic N) is 2. The Labute approximate surface area is 201 Å². The molecule has 2 aromatic carbocycles. The fourth-order valence-electron chi connectivity index (χ4n) is 4.91. The van der Waals surface area contributed by atoms with Gasteiger partial charge in [-0.3, -0.25) is 4.79 Å². The zero-order valence-corrected chi connectivity index (χ0v) is 19.8. The number of piperidine rings is 1. The predicted octanol–water partition coefficient (Wildman–Crippen LogP) is 4.24. The number of ether oxygens (including phenoxy) is 1. The summed E-state index contributed by atoms with van der Waals surface area (Å²) in [5.41, 5.74) is 5.96. The number of guanidine groups is 1. The lowest BCUT2D eigenvalue weighted by Gasteiger charge is -2.26. The molecule has 3 aliphatic rings. The molecule has 1 amide bonds. The lowest BCUT2D eigenvalue weighted by Crippen LogP contribution is -2.35. The van der Waals surface area contributed by atoms with Crippen LogP contribution < -0.4 is 20.7 Å². The van der Waals surface area contributed by atoms with Gasteiger partial charge in [-0.25, -0.2) is 4.99 Å². The Hall–Kier alpha value is -3.32. The second-order valence-electron chi connectivity index (χ2n) is 9.23. The van der Waals surface area contributed by atoms with Crippen molar-refractivity contribution in [2.24, 2.45) is 4.99 Å². The van der Waals surface area contributed by atoms with Crippen molar-refractivity contribution in [3.8, 4) is 5.75 Å². The molecule has 3 heterocycles. The summed E-state index contributed by atoms with van der Waals surface area (Å²) in [5, 5.41) is 9.75. The summed E-state index contributed by atoms with van der Waals surface area (Å²) >= 11 is 0. The number of rotatable bonds is 6. The molecule has 34 heavy (non-hydrogen) atoms. The number of hydrogen-bond donors (Lipinski definition) is 3. The molecule has 7 heteroatoms. The molecule has 1 fully saturated rings. The van der Waals surface area contributed by atoms with Crippen LogP contribution in [-0.2, 0) is 11.2 Å². The number of methoxy groups -OCH3 is 1. The second-order valence-corrected chi connectivity index (χ2v) is 9.23. The van der Waals surface area contributed by atoms with Crippen molar-refractivity contribution in [1.29, 1.82) is 0 Å². The van der Waals surface area contributed by atoms with E-state index >= 15 is 0 Å². The highest BCUT2D eigenvalue weighted by Gasteiger charge is 2.25. The highest BCUT2D eigenvalue weighted by Crippen LogP contribution is 2.34. The summed E-state index contributed by atoms with van der Waals surface area (Å²) < 4.78 is 5.24. The van der Waals surface area contributed by atoms with Gasteiger partial charge in [-0.1, -0.05) is 12.5 Å². The predicted molar refractivity (Wildman–Crippen MR) is 137 cm³/mol. The minimum atomic E-state index is 0.00709. The van der Waals surface area contributed by atoms with Crippen LogP contribution >= 0.6 is 0 Å². The van der Waals surface area contributed by atoms with Gasteiger partial charge in [0.05, 0.1) is 24.9 Å². The van der Waals surface area contributed by atoms with Crippen LogP contribution in [0.3, 0.4) is 0 Å². The molecule has 0 aliphatic carbocycles. The van der Waals surface area contributed by atoms with Gasteiger partial charge < -0.3 is 25.6 Å². The van der Waals surface area contributed by atoms with E-state index in [1.54, 1.807) is 7.11 Å². The Balaban J connectivity index is 1.35. The van der Waals surface area contributed by atoms with Gasteiger partial charge in [-0.2, -0.15) is 0 Å². The molecule has 1 saturated heterocycles. The molecular weight excluding hydrogens is 426 g/mol. The maximum absolute atomic E-state index is 12.5. The molecule has 3 aliphatic heterocycles. The Morgan fingerprint density at radius 1 is 1.09 bits per heavy atom. The molecule has 178 valence electrons. The van der Waals surface area contributed by atoms with Crippen LogP contribution in [0.25, 0.3) is 5.70 Å². The van der Waals surface area contributed by atoms with Crippen LogP contribution in [0.15, 0.2) is 53.0 Å². The first kappa shape index (κ1) is 22.5. The van der Waals surface area contributed by atoms with Gasteiger partial charge in [0, 0.05) is 17.8 Å². The van der Waals surface area contributed by atoms with Crippen LogP contribution in [0.1, 0.15) is 43.2 Å². The Morgan fingerprint density at radius 2 is 1.91 bits per heavy atom. The number of carbonyl (C=O) groups excluding carboxylic acids is 1. The van der Waals surface area contributed by atoms with E-state index in [-0.39, 0.29) is 5.91 Å². The van der Waals surface area contributed by atoms with E-state index in [4.69, 9.17) is 9.73 Å². The third-order valence-electron chi connectivity index (χ3n) is 6.76. The summed E-state index contributed by atoms with van der Waals surface area (Å²) in [5.74, 6) is 1.50. The largest absolute Gasteiger partial charge is 0.497 e. The number of amides is 1. The molecule has 2 aromatic rings. The van der Waals surface area contributed by atoms with Crippen molar-refractivity contribution in [2.45, 2.75) is 38.5 Å². The summed E-state index contributed by atoms with van der Waals surface area (Å²) in [7, 11) is 1.66. The number of nitrogens with one attached hydrogen (secondary N) is 3. The number of fused-ring (bicyclic) bond motifs is 2. The van der Waals surface area contributed by atoms with Crippen molar-refractivity contribution >= 4 is 28.9 Å². The van der Waals surface area contributed by atoms with Crippen LogP contribution in [0.5, 0.6) is 5.75 Å². The van der Waals surface area contributed by atoms with Gasteiger partial charge in [0.1, 0.15) is 5.75 Å². The van der Waals surface area contributed by atoms with E-state index in [1.807, 2.05) is 30.3 Å². The molecule has 0 radical (unpaired) electrons. The fraction of sp³-hybridized carbons (Fsp3) is 0.407. The average Bonchev–Trinajstić information content (AvgIpc) is 3.00. The molecule has 3 N–H and O–H groups in total. The number of aryl methyl sites for hydroxylation is 1. The van der Waals surface area contributed by atoms with Crippen molar-refractivity contribution in [1.82, 2.24) is 10.2 Å². The molecule has 7 nitrogen and oxygen atoms in total. The molecule has 0 atom stereocenters. The average molecular weight is 460 g/mol. The summed E-state index contributed by atoms with van der Waals surface area (Å²) in [6, 6.07) is 14.1. The molecule has 0 spiro atoms. The van der Waals surface area contributed by atoms with E-state index < -0.39 is 0 Å². The Morgan fingerprint density at radius 3 is 2.71 bits per heavy atom. The normalized spacial score (nSPS) is 18.1. The number of likely N-dealkylation sites (tertiary alicyclic amines) is 1. The van der Waals surface area contributed by atoms with Crippen LogP contribution in [0.4, 0.5) is 11.4 Å². The SMILES string of the molecule is COc1ccc(NC2=NC3=C(CN2)CC(=O)Nc2ccc(CCCN4CCCCC4)cc23)cc1. The first-order valence-corrected chi connectivity index (χ1v) is 12.3. The standard InChI is InChI=1S/C27H33N5O2/c1-34-22-10-8-21(9-11-22)29-27-28-18-20-17-25(33)30-24-12-7-19(16-23(24)26(20)31-27)6-5-15-32-13-3-2-4-14-32/h7-12,16H,2-6,13-15,17-18H2,1H3,(H,30,33)(H2,28,29,31).